The van der Waals surface area contributed by atoms with Crippen molar-refractivity contribution in [2.75, 3.05) is 13.1 Å². The van der Waals surface area contributed by atoms with E-state index in [-0.39, 0.29) is 29.9 Å². The Morgan fingerprint density at radius 2 is 1.91 bits per heavy atom. The number of hydrogen-bond acceptors (Lipinski definition) is 7. The van der Waals surface area contributed by atoms with Gasteiger partial charge in [-0.15, -0.1) is 11.3 Å². The van der Waals surface area contributed by atoms with Crippen LogP contribution in [-0.2, 0) is 4.79 Å². The van der Waals surface area contributed by atoms with E-state index in [1.165, 1.54) is 0 Å². The fourth-order valence-corrected chi connectivity index (χ4v) is 5.10. The number of amides is 2. The summed E-state index contributed by atoms with van der Waals surface area (Å²) in [6, 6.07) is 1.81. The van der Waals surface area contributed by atoms with E-state index in [0.717, 1.165) is 55.3 Å². The summed E-state index contributed by atoms with van der Waals surface area (Å²) >= 11 is 1.55. The lowest BCUT2D eigenvalue weighted by Crippen LogP contribution is -2.47. The third-order valence-electron chi connectivity index (χ3n) is 6.71. The van der Waals surface area contributed by atoms with Gasteiger partial charge in [-0.2, -0.15) is 10.1 Å². The summed E-state index contributed by atoms with van der Waals surface area (Å²) < 4.78 is 7.84. The van der Waals surface area contributed by atoms with Gasteiger partial charge in [-0.3, -0.25) is 9.59 Å². The van der Waals surface area contributed by atoms with Crippen molar-refractivity contribution in [3.05, 3.63) is 29.5 Å². The second-order valence-electron chi connectivity index (χ2n) is 9.15. The predicted octanol–water partition coefficient (Wildman–Crippen LogP) is 2.91. The Bertz CT molecular complexity index is 1190. The van der Waals surface area contributed by atoms with Gasteiger partial charge in [-0.05, 0) is 44.9 Å². The molecule has 2 amide bonds. The average Bonchev–Trinajstić information content (AvgIpc) is 3.42. The molecule has 0 atom stereocenters. The number of carbonyl (C=O) groups is 2. The van der Waals surface area contributed by atoms with Gasteiger partial charge in [0.2, 0.25) is 11.8 Å². The Kier molecular flexibility index (Phi) is 5.24. The smallest absolute Gasteiger partial charge is 0.272 e. The first-order valence-electron chi connectivity index (χ1n) is 11.7. The fourth-order valence-electron chi connectivity index (χ4n) is 4.31. The van der Waals surface area contributed by atoms with Crippen LogP contribution in [0.4, 0.5) is 0 Å². The third-order valence-corrected chi connectivity index (χ3v) is 7.60. The summed E-state index contributed by atoms with van der Waals surface area (Å²) in [7, 11) is 0. The van der Waals surface area contributed by atoms with Gasteiger partial charge in [-0.25, -0.2) is 9.50 Å². The van der Waals surface area contributed by atoms with Crippen LogP contribution in [0.25, 0.3) is 16.2 Å². The van der Waals surface area contributed by atoms with Crippen LogP contribution in [0.3, 0.4) is 0 Å². The number of likely N-dealkylation sites (tertiary alicyclic amines) is 1. The Hall–Kier alpha value is -3.01. The molecule has 1 aliphatic heterocycles. The van der Waals surface area contributed by atoms with Crippen LogP contribution in [0.5, 0.6) is 5.88 Å². The van der Waals surface area contributed by atoms with E-state index in [4.69, 9.17) is 4.74 Å². The number of aromatic nitrogens is 4. The highest BCUT2D eigenvalue weighted by Crippen LogP contribution is 2.31. The summed E-state index contributed by atoms with van der Waals surface area (Å²) in [6.45, 7) is 1.19. The van der Waals surface area contributed by atoms with E-state index in [0.29, 0.717) is 30.5 Å². The number of rotatable bonds is 6. The zero-order chi connectivity index (χ0) is 22.4. The molecule has 3 aromatic rings. The van der Waals surface area contributed by atoms with E-state index >= 15 is 0 Å². The molecule has 3 fully saturated rings. The summed E-state index contributed by atoms with van der Waals surface area (Å²) in [5, 5.41) is 9.45. The minimum absolute atomic E-state index is 0.126. The minimum Gasteiger partial charge on any atom is -0.474 e. The van der Waals surface area contributed by atoms with Crippen molar-refractivity contribution in [2.24, 2.45) is 5.92 Å². The fraction of sp³-hybridized carbons (Fsp3) is 0.522. The molecule has 0 bridgehead atoms. The molecule has 3 aliphatic rings. The van der Waals surface area contributed by atoms with Gasteiger partial charge in [0.25, 0.3) is 5.91 Å². The first-order chi connectivity index (χ1) is 16.1. The van der Waals surface area contributed by atoms with Crippen molar-refractivity contribution in [1.82, 2.24) is 29.8 Å². The standard InChI is InChI=1S/C23H26N6O3S/c30-21(14-4-5-14)25-15-6-8-28(9-7-15)22(31)18-12-19(32-16-2-1-3-16)27-20(26-18)17-13-24-29-10-11-33-23(17)29/h10-16H,1-9H2,(H,25,30). The molecule has 10 heteroatoms. The monoisotopic (exact) mass is 466 g/mol. The molecule has 1 saturated heterocycles. The molecule has 0 unspecified atom stereocenters. The molecule has 2 aliphatic carbocycles. The van der Waals surface area contributed by atoms with Crippen molar-refractivity contribution in [3.8, 4) is 17.3 Å². The highest BCUT2D eigenvalue weighted by atomic mass is 32.1. The first-order valence-corrected chi connectivity index (χ1v) is 12.6. The van der Waals surface area contributed by atoms with Crippen molar-refractivity contribution < 1.29 is 14.3 Å². The second kappa shape index (κ2) is 8.40. The first kappa shape index (κ1) is 20.6. The Morgan fingerprint density at radius 1 is 1.09 bits per heavy atom. The van der Waals surface area contributed by atoms with Crippen molar-refractivity contribution in [2.45, 2.75) is 57.1 Å². The lowest BCUT2D eigenvalue weighted by atomic mass is 9.96. The molecule has 9 nitrogen and oxygen atoms in total. The zero-order valence-electron chi connectivity index (χ0n) is 18.3. The summed E-state index contributed by atoms with van der Waals surface area (Å²) in [4.78, 5) is 37.4. The maximum atomic E-state index is 13.4. The number of nitrogens with zero attached hydrogens (tertiary/aromatic N) is 5. The summed E-state index contributed by atoms with van der Waals surface area (Å²) in [5.41, 5.74) is 1.13. The molecule has 33 heavy (non-hydrogen) atoms. The molecule has 172 valence electrons. The van der Waals surface area contributed by atoms with Gasteiger partial charge in [0.05, 0.1) is 11.8 Å². The number of fused-ring (bicyclic) bond motifs is 1. The molecular formula is C23H26N6O3S. The normalized spacial score (nSPS) is 19.5. The Balaban J connectivity index is 1.22. The molecule has 0 spiro atoms. The van der Waals surface area contributed by atoms with Crippen LogP contribution in [0, 0.1) is 5.92 Å². The number of hydrogen-bond donors (Lipinski definition) is 1. The van der Waals surface area contributed by atoms with Gasteiger partial charge in [0.15, 0.2) is 5.82 Å². The van der Waals surface area contributed by atoms with E-state index in [1.807, 2.05) is 16.5 Å². The quantitative estimate of drug-likeness (QED) is 0.599. The van der Waals surface area contributed by atoms with Crippen molar-refractivity contribution in [1.29, 1.82) is 0 Å². The zero-order valence-corrected chi connectivity index (χ0v) is 19.1. The maximum absolute atomic E-state index is 13.4. The number of carbonyl (C=O) groups excluding carboxylic acids is 2. The van der Waals surface area contributed by atoms with E-state index in [1.54, 1.807) is 28.1 Å². The lowest BCUT2D eigenvalue weighted by Gasteiger charge is -2.32. The lowest BCUT2D eigenvalue weighted by molar-refractivity contribution is -0.123. The molecule has 4 heterocycles. The molecule has 2 saturated carbocycles. The van der Waals surface area contributed by atoms with Crippen LogP contribution >= 0.6 is 11.3 Å². The molecular weight excluding hydrogens is 440 g/mol. The van der Waals surface area contributed by atoms with Gasteiger partial charge in [0.1, 0.15) is 16.6 Å². The van der Waals surface area contributed by atoms with Gasteiger partial charge in [0, 0.05) is 42.7 Å². The molecule has 6 rings (SSSR count). The van der Waals surface area contributed by atoms with Crippen LogP contribution in [0.15, 0.2) is 23.8 Å². The maximum Gasteiger partial charge on any atom is 0.272 e. The Labute approximate surface area is 195 Å². The number of ether oxygens (including phenoxy) is 1. The number of thiazole rings is 1. The third kappa shape index (κ3) is 4.19. The Morgan fingerprint density at radius 3 is 2.64 bits per heavy atom. The SMILES string of the molecule is O=C(NC1CCN(C(=O)c2cc(OC3CCC3)nc(-c3cnn4ccsc34)n2)CC1)C1CC1. The van der Waals surface area contributed by atoms with Gasteiger partial charge in [-0.1, -0.05) is 0 Å². The molecule has 1 N–H and O–H groups in total. The predicted molar refractivity (Wildman–Crippen MR) is 122 cm³/mol. The van der Waals surface area contributed by atoms with E-state index in [2.05, 4.69) is 20.4 Å². The van der Waals surface area contributed by atoms with Gasteiger partial charge < -0.3 is 15.0 Å². The topological polar surface area (TPSA) is 102 Å². The summed E-state index contributed by atoms with van der Waals surface area (Å²) in [5.74, 6) is 1.14. The van der Waals surface area contributed by atoms with Crippen LogP contribution in [-0.4, -0.2) is 61.5 Å². The minimum atomic E-state index is -0.126. The highest BCUT2D eigenvalue weighted by Gasteiger charge is 2.33. The van der Waals surface area contributed by atoms with Gasteiger partial charge >= 0.3 is 0 Å². The highest BCUT2D eigenvalue weighted by molar-refractivity contribution is 7.16. The van der Waals surface area contributed by atoms with Crippen molar-refractivity contribution >= 4 is 28.0 Å². The number of nitrogens with one attached hydrogen (secondary N) is 1. The van der Waals surface area contributed by atoms with Crippen LogP contribution in [0.1, 0.15) is 55.4 Å². The molecule has 0 aromatic carbocycles. The second-order valence-corrected chi connectivity index (χ2v) is 10.0. The largest absolute Gasteiger partial charge is 0.474 e. The van der Waals surface area contributed by atoms with Crippen molar-refractivity contribution in [3.63, 3.8) is 0 Å². The van der Waals surface area contributed by atoms with E-state index < -0.39 is 0 Å². The molecule has 0 radical (unpaired) electrons. The number of piperidine rings is 1. The van der Waals surface area contributed by atoms with Crippen LogP contribution in [0.2, 0.25) is 0 Å². The van der Waals surface area contributed by atoms with E-state index in [9.17, 15) is 9.59 Å². The molecule has 3 aromatic heterocycles. The van der Waals surface area contributed by atoms with Crippen LogP contribution < -0.4 is 10.1 Å². The average molecular weight is 467 g/mol. The summed E-state index contributed by atoms with van der Waals surface area (Å²) in [6.07, 6.45) is 10.4.